The minimum absolute atomic E-state index is 0.0751. The normalized spacial score (nSPS) is 12.0. The number of benzene rings is 1. The van der Waals surface area contributed by atoms with Crippen LogP contribution in [0.5, 0.6) is 0 Å². The topological polar surface area (TPSA) is 116 Å². The van der Waals surface area contributed by atoms with Crippen LogP contribution in [0.1, 0.15) is 47.3 Å². The molecule has 1 amide bonds. The lowest BCUT2D eigenvalue weighted by Gasteiger charge is -2.18. The van der Waals surface area contributed by atoms with Crippen molar-refractivity contribution in [2.24, 2.45) is 0 Å². The number of hydrogen-bond acceptors (Lipinski definition) is 7. The molecule has 152 valence electrons. The molecule has 9 heteroatoms. The van der Waals surface area contributed by atoms with Crippen LogP contribution in [0.4, 0.5) is 5.69 Å². The molecule has 0 spiro atoms. The molecule has 29 heavy (non-hydrogen) atoms. The summed E-state index contributed by atoms with van der Waals surface area (Å²) in [4.78, 5) is 42.2. The molecule has 0 saturated heterocycles. The number of anilines is 1. The van der Waals surface area contributed by atoms with Crippen molar-refractivity contribution in [1.82, 2.24) is 14.7 Å². The van der Waals surface area contributed by atoms with Crippen molar-refractivity contribution in [3.63, 3.8) is 0 Å². The van der Waals surface area contributed by atoms with Gasteiger partial charge in [-0.3, -0.25) is 14.2 Å². The van der Waals surface area contributed by atoms with E-state index < -0.39 is 17.6 Å². The fourth-order valence-electron chi connectivity index (χ4n) is 3.05. The van der Waals surface area contributed by atoms with E-state index in [4.69, 9.17) is 9.26 Å². The zero-order valence-corrected chi connectivity index (χ0v) is 16.9. The lowest BCUT2D eigenvalue weighted by Crippen LogP contribution is -2.34. The van der Waals surface area contributed by atoms with E-state index in [2.05, 4.69) is 15.5 Å². The third-order valence-electron chi connectivity index (χ3n) is 4.82. The van der Waals surface area contributed by atoms with Crippen molar-refractivity contribution in [3.05, 3.63) is 51.2 Å². The Balaban J connectivity index is 2.03. The van der Waals surface area contributed by atoms with E-state index in [1.165, 1.54) is 4.57 Å². The highest BCUT2D eigenvalue weighted by Gasteiger charge is 2.27. The Bertz CT molecular complexity index is 1160. The first-order valence-electron chi connectivity index (χ1n) is 9.19. The van der Waals surface area contributed by atoms with E-state index in [-0.39, 0.29) is 35.1 Å². The minimum Gasteiger partial charge on any atom is -0.461 e. The highest BCUT2D eigenvalue weighted by molar-refractivity contribution is 6.00. The lowest BCUT2D eigenvalue weighted by atomic mass is 10.1. The van der Waals surface area contributed by atoms with Gasteiger partial charge >= 0.3 is 5.97 Å². The molecule has 0 aliphatic carbocycles. The lowest BCUT2D eigenvalue weighted by molar-refractivity contribution is -0.118. The van der Waals surface area contributed by atoms with E-state index in [9.17, 15) is 14.4 Å². The molecule has 2 heterocycles. The van der Waals surface area contributed by atoms with Gasteiger partial charge in [-0.25, -0.2) is 4.79 Å². The van der Waals surface area contributed by atoms with Gasteiger partial charge in [-0.05, 0) is 51.8 Å². The molecule has 0 aliphatic rings. The molecule has 2 aromatic heterocycles. The summed E-state index contributed by atoms with van der Waals surface area (Å²) in [6.45, 7) is 8.78. The average molecular weight is 398 g/mol. The zero-order chi connectivity index (χ0) is 21.3. The molecule has 0 radical (unpaired) electrons. The van der Waals surface area contributed by atoms with Crippen LogP contribution in [0.15, 0.2) is 27.5 Å². The Morgan fingerprint density at radius 3 is 2.69 bits per heavy atom. The highest BCUT2D eigenvalue weighted by Crippen LogP contribution is 2.21. The maximum atomic E-state index is 13.1. The van der Waals surface area contributed by atoms with Gasteiger partial charge < -0.3 is 14.6 Å². The Morgan fingerprint density at radius 1 is 1.28 bits per heavy atom. The molecule has 9 nitrogen and oxygen atoms in total. The van der Waals surface area contributed by atoms with Gasteiger partial charge in [-0.2, -0.15) is 4.98 Å². The molecule has 0 saturated carbocycles. The number of nitrogens with zero attached hydrogens (tertiary/aromatic N) is 3. The fraction of sp³-hybridized carbons (Fsp3) is 0.350. The molecule has 0 aliphatic heterocycles. The molecular formula is C20H22N4O5. The number of nitrogens with one attached hydrogen (secondary N) is 1. The molecule has 0 unspecified atom stereocenters. The van der Waals surface area contributed by atoms with Crippen molar-refractivity contribution < 1.29 is 18.8 Å². The highest BCUT2D eigenvalue weighted by atomic mass is 16.5. The maximum absolute atomic E-state index is 13.1. The maximum Gasteiger partial charge on any atom is 0.361 e. The number of carbonyl (C=O) groups excluding carboxylic acids is 2. The van der Waals surface area contributed by atoms with E-state index in [0.717, 1.165) is 11.1 Å². The fourth-order valence-corrected chi connectivity index (χ4v) is 3.05. The van der Waals surface area contributed by atoms with Crippen molar-refractivity contribution in [1.29, 1.82) is 0 Å². The zero-order valence-electron chi connectivity index (χ0n) is 16.9. The number of fused-ring (bicyclic) bond motifs is 1. The summed E-state index contributed by atoms with van der Waals surface area (Å²) in [5.74, 6) is -0.912. The second kappa shape index (κ2) is 7.86. The summed E-state index contributed by atoms with van der Waals surface area (Å²) in [6.07, 6.45) is 0. The van der Waals surface area contributed by atoms with Crippen molar-refractivity contribution in [2.75, 3.05) is 11.9 Å². The number of amides is 1. The number of aromatic nitrogens is 3. The third-order valence-corrected chi connectivity index (χ3v) is 4.82. The van der Waals surface area contributed by atoms with Crippen LogP contribution in [0.25, 0.3) is 11.1 Å². The van der Waals surface area contributed by atoms with Gasteiger partial charge in [-0.1, -0.05) is 17.3 Å². The van der Waals surface area contributed by atoms with Crippen LogP contribution in [0.2, 0.25) is 0 Å². The van der Waals surface area contributed by atoms with Crippen LogP contribution in [0, 0.1) is 20.8 Å². The van der Waals surface area contributed by atoms with Gasteiger partial charge in [0.25, 0.3) is 11.3 Å². The quantitative estimate of drug-likeness (QED) is 0.657. The number of hydrogen-bond donors (Lipinski definition) is 1. The predicted octanol–water partition coefficient (Wildman–Crippen LogP) is 2.69. The number of carbonyl (C=O) groups is 2. The molecule has 1 aromatic carbocycles. The second-order valence-electron chi connectivity index (χ2n) is 6.68. The van der Waals surface area contributed by atoms with Crippen LogP contribution < -0.4 is 10.9 Å². The van der Waals surface area contributed by atoms with Gasteiger partial charge in [0.1, 0.15) is 17.3 Å². The van der Waals surface area contributed by atoms with E-state index in [0.29, 0.717) is 5.69 Å². The van der Waals surface area contributed by atoms with Crippen LogP contribution in [-0.4, -0.2) is 33.2 Å². The van der Waals surface area contributed by atoms with Crippen LogP contribution in [-0.2, 0) is 9.53 Å². The van der Waals surface area contributed by atoms with Crippen molar-refractivity contribution >= 4 is 28.7 Å². The van der Waals surface area contributed by atoms with Crippen LogP contribution >= 0.6 is 0 Å². The Morgan fingerprint density at radius 2 is 2.00 bits per heavy atom. The molecule has 3 aromatic rings. The summed E-state index contributed by atoms with van der Waals surface area (Å²) in [7, 11) is 0. The summed E-state index contributed by atoms with van der Waals surface area (Å²) >= 11 is 0. The monoisotopic (exact) mass is 398 g/mol. The largest absolute Gasteiger partial charge is 0.461 e. The number of esters is 1. The van der Waals surface area contributed by atoms with E-state index in [1.807, 2.05) is 26.0 Å². The van der Waals surface area contributed by atoms with Gasteiger partial charge in [-0.15, -0.1) is 0 Å². The molecule has 3 rings (SSSR count). The molecule has 1 N–H and O–H groups in total. The summed E-state index contributed by atoms with van der Waals surface area (Å²) in [5.41, 5.74) is 1.72. The van der Waals surface area contributed by atoms with E-state index >= 15 is 0 Å². The van der Waals surface area contributed by atoms with Gasteiger partial charge in [0.15, 0.2) is 0 Å². The van der Waals surface area contributed by atoms with E-state index in [1.54, 1.807) is 26.8 Å². The Labute approximate surface area is 166 Å². The average Bonchev–Trinajstić information content (AvgIpc) is 3.09. The van der Waals surface area contributed by atoms with Crippen molar-refractivity contribution in [3.8, 4) is 0 Å². The third kappa shape index (κ3) is 3.63. The summed E-state index contributed by atoms with van der Waals surface area (Å²) in [5, 5.41) is 6.36. The molecule has 0 bridgehead atoms. The smallest absolute Gasteiger partial charge is 0.361 e. The molecule has 1 atom stereocenters. The van der Waals surface area contributed by atoms with Gasteiger partial charge in [0.2, 0.25) is 11.6 Å². The molecular weight excluding hydrogens is 376 g/mol. The van der Waals surface area contributed by atoms with Crippen molar-refractivity contribution in [2.45, 2.75) is 40.7 Å². The van der Waals surface area contributed by atoms with Gasteiger partial charge in [0, 0.05) is 5.69 Å². The second-order valence-corrected chi connectivity index (χ2v) is 6.68. The Kier molecular flexibility index (Phi) is 5.49. The first kappa shape index (κ1) is 20.2. The predicted molar refractivity (Wildman–Crippen MR) is 106 cm³/mol. The minimum atomic E-state index is -0.885. The van der Waals surface area contributed by atoms with Gasteiger partial charge in [0.05, 0.1) is 6.61 Å². The first-order valence-corrected chi connectivity index (χ1v) is 9.19. The summed E-state index contributed by atoms with van der Waals surface area (Å²) < 4.78 is 11.1. The Hall–Kier alpha value is -3.49. The van der Waals surface area contributed by atoms with Crippen LogP contribution in [0.3, 0.4) is 0 Å². The SMILES string of the molecule is CCOC(=O)c1noc2nc(C)n([C@H](C)C(=O)Nc3cccc(C)c3C)c(=O)c12. The standard InChI is InChI=1S/C20H22N4O5/c1-6-28-20(27)16-15-18(29-23-16)21-13(5)24(19(15)26)12(4)17(25)22-14-9-7-8-10(2)11(14)3/h7-9,12H,6H2,1-5H3,(H,22,25)/t12-/m1/s1. The first-order chi connectivity index (χ1) is 13.8. The molecule has 0 fully saturated rings. The summed E-state index contributed by atoms with van der Waals surface area (Å²) in [6, 6.07) is 4.70. The number of rotatable bonds is 5. The number of ether oxygens (including phenoxy) is 1. The number of aryl methyl sites for hydroxylation is 2.